The summed E-state index contributed by atoms with van der Waals surface area (Å²) in [7, 11) is 0. The van der Waals surface area contributed by atoms with E-state index in [1.807, 2.05) is 18.2 Å². The Hall–Kier alpha value is -0.980. The van der Waals surface area contributed by atoms with E-state index in [1.165, 1.54) is 0 Å². The Morgan fingerprint density at radius 1 is 1.27 bits per heavy atom. The van der Waals surface area contributed by atoms with Crippen molar-refractivity contribution in [3.63, 3.8) is 0 Å². The van der Waals surface area contributed by atoms with Crippen molar-refractivity contribution in [3.8, 4) is 0 Å². The van der Waals surface area contributed by atoms with Gasteiger partial charge in [-0.1, -0.05) is 19.9 Å². The fraction of sp³-hybridized carbons (Fsp3) is 0.400. The molecule has 0 aromatic carbocycles. The largest absolute Gasteiger partial charge is 0.347 e. The zero-order valence-corrected chi connectivity index (χ0v) is 7.20. The predicted molar refractivity (Wildman–Crippen MR) is 48.5 cm³/mol. The van der Waals surface area contributed by atoms with Gasteiger partial charge in [0.05, 0.1) is 6.04 Å². The minimum atomic E-state index is 0.435. The number of hydrogen-bond donors (Lipinski definition) is 0. The molecule has 0 saturated heterocycles. The molecular weight excluding hydrogens is 134 g/mol. The first-order chi connectivity index (χ1) is 5.25. The van der Waals surface area contributed by atoms with Crippen LogP contribution < -0.4 is 0 Å². The molecule has 1 heteroatoms. The van der Waals surface area contributed by atoms with E-state index in [-0.39, 0.29) is 0 Å². The van der Waals surface area contributed by atoms with Gasteiger partial charge in [0, 0.05) is 12.4 Å². The zero-order valence-electron chi connectivity index (χ0n) is 7.20. The first-order valence-corrected chi connectivity index (χ1v) is 4.00. The van der Waals surface area contributed by atoms with Crippen LogP contribution in [0.1, 0.15) is 19.9 Å². The van der Waals surface area contributed by atoms with Gasteiger partial charge >= 0.3 is 0 Å². The van der Waals surface area contributed by atoms with Crippen molar-refractivity contribution < 1.29 is 0 Å². The Bertz CT molecular complexity index is 209. The van der Waals surface area contributed by atoms with Crippen LogP contribution in [0.4, 0.5) is 0 Å². The Labute approximate surface area is 68.4 Å². The van der Waals surface area contributed by atoms with E-state index in [1.54, 1.807) is 0 Å². The molecule has 0 saturated carbocycles. The quantitative estimate of drug-likeness (QED) is 0.582. The Kier molecular flexibility index (Phi) is 2.53. The smallest absolute Gasteiger partial charge is 0.0530 e. The van der Waals surface area contributed by atoms with Gasteiger partial charge in [0.25, 0.3) is 0 Å². The van der Waals surface area contributed by atoms with Crippen LogP contribution in [-0.2, 0) is 0 Å². The Morgan fingerprint density at radius 3 is 2.18 bits per heavy atom. The van der Waals surface area contributed by atoms with Gasteiger partial charge in [-0.2, -0.15) is 0 Å². The lowest BCUT2D eigenvalue weighted by Crippen LogP contribution is -2.10. The summed E-state index contributed by atoms with van der Waals surface area (Å²) in [6, 6.07) is 4.52. The number of allylic oxidation sites excluding steroid dienone is 1. The average Bonchev–Trinajstić information content (AvgIpc) is 2.40. The fourth-order valence-corrected chi connectivity index (χ4v) is 1.28. The highest BCUT2D eigenvalue weighted by Gasteiger charge is 2.08. The highest BCUT2D eigenvalue weighted by Crippen LogP contribution is 2.17. The summed E-state index contributed by atoms with van der Waals surface area (Å²) in [6.45, 7) is 8.22. The van der Waals surface area contributed by atoms with Gasteiger partial charge in [0.1, 0.15) is 0 Å². The molecule has 1 heterocycles. The minimum absolute atomic E-state index is 0.435. The maximum absolute atomic E-state index is 3.82. The van der Waals surface area contributed by atoms with E-state index < -0.39 is 0 Å². The van der Waals surface area contributed by atoms with Crippen LogP contribution in [0.5, 0.6) is 0 Å². The van der Waals surface area contributed by atoms with Gasteiger partial charge in [-0.15, -0.1) is 6.58 Å². The van der Waals surface area contributed by atoms with Gasteiger partial charge < -0.3 is 4.57 Å². The fourth-order valence-electron chi connectivity index (χ4n) is 1.28. The molecule has 1 rings (SSSR count). The van der Waals surface area contributed by atoms with Gasteiger partial charge in [-0.3, -0.25) is 0 Å². The number of rotatable bonds is 3. The molecule has 0 N–H and O–H groups in total. The molecule has 0 bridgehead atoms. The van der Waals surface area contributed by atoms with Crippen molar-refractivity contribution in [1.82, 2.24) is 4.57 Å². The molecule has 0 aliphatic rings. The van der Waals surface area contributed by atoms with Gasteiger partial charge in [-0.25, -0.2) is 0 Å². The first kappa shape index (κ1) is 8.12. The molecule has 0 amide bonds. The van der Waals surface area contributed by atoms with Crippen LogP contribution in [0.2, 0.25) is 0 Å². The summed E-state index contributed by atoms with van der Waals surface area (Å²) in [5.74, 6) is 0.611. The van der Waals surface area contributed by atoms with Gasteiger partial charge in [0.15, 0.2) is 0 Å². The van der Waals surface area contributed by atoms with Crippen LogP contribution in [-0.4, -0.2) is 4.57 Å². The predicted octanol–water partition coefficient (Wildman–Crippen LogP) is 2.87. The lowest BCUT2D eigenvalue weighted by Gasteiger charge is -2.18. The maximum atomic E-state index is 3.82. The molecule has 0 aliphatic carbocycles. The monoisotopic (exact) mass is 149 g/mol. The second kappa shape index (κ2) is 3.42. The number of nitrogens with zero attached hydrogens (tertiary/aromatic N) is 1. The molecule has 1 aromatic heterocycles. The van der Waals surface area contributed by atoms with E-state index in [0.717, 1.165) is 0 Å². The molecule has 11 heavy (non-hydrogen) atoms. The van der Waals surface area contributed by atoms with Crippen LogP contribution >= 0.6 is 0 Å². The van der Waals surface area contributed by atoms with Crippen molar-refractivity contribution in [2.24, 2.45) is 5.92 Å². The lowest BCUT2D eigenvalue weighted by molar-refractivity contribution is 0.452. The summed E-state index contributed by atoms with van der Waals surface area (Å²) in [6.07, 6.45) is 6.14. The third kappa shape index (κ3) is 1.73. The molecule has 0 radical (unpaired) electrons. The summed E-state index contributed by atoms with van der Waals surface area (Å²) in [5, 5.41) is 0. The third-order valence-electron chi connectivity index (χ3n) is 1.90. The summed E-state index contributed by atoms with van der Waals surface area (Å²) >= 11 is 0. The SMILES string of the molecule is C=C[C@H](C(C)C)n1cccc1. The summed E-state index contributed by atoms with van der Waals surface area (Å²) in [5.41, 5.74) is 0. The van der Waals surface area contributed by atoms with Gasteiger partial charge in [-0.05, 0) is 18.1 Å². The summed E-state index contributed by atoms with van der Waals surface area (Å²) in [4.78, 5) is 0. The van der Waals surface area contributed by atoms with Crippen molar-refractivity contribution in [1.29, 1.82) is 0 Å². The summed E-state index contributed by atoms with van der Waals surface area (Å²) < 4.78 is 2.18. The van der Waals surface area contributed by atoms with E-state index >= 15 is 0 Å². The highest BCUT2D eigenvalue weighted by atomic mass is 15.0. The zero-order chi connectivity index (χ0) is 8.27. The molecular formula is C10H15N. The van der Waals surface area contributed by atoms with E-state index in [2.05, 4.69) is 37.4 Å². The van der Waals surface area contributed by atoms with Crippen LogP contribution in [0.25, 0.3) is 0 Å². The van der Waals surface area contributed by atoms with Crippen molar-refractivity contribution in [2.45, 2.75) is 19.9 Å². The molecule has 1 atom stereocenters. The minimum Gasteiger partial charge on any atom is -0.347 e. The number of aromatic nitrogens is 1. The van der Waals surface area contributed by atoms with Crippen LogP contribution in [0.15, 0.2) is 37.2 Å². The third-order valence-corrected chi connectivity index (χ3v) is 1.90. The maximum Gasteiger partial charge on any atom is 0.0530 e. The lowest BCUT2D eigenvalue weighted by atomic mass is 10.1. The average molecular weight is 149 g/mol. The molecule has 0 fully saturated rings. The van der Waals surface area contributed by atoms with Crippen LogP contribution in [0, 0.1) is 5.92 Å². The second-order valence-electron chi connectivity index (χ2n) is 3.10. The molecule has 0 spiro atoms. The Morgan fingerprint density at radius 2 is 1.82 bits per heavy atom. The van der Waals surface area contributed by atoms with Crippen molar-refractivity contribution >= 4 is 0 Å². The molecule has 60 valence electrons. The standard InChI is InChI=1S/C10H15N/c1-4-10(9(2)3)11-7-5-6-8-11/h4-10H,1H2,2-3H3/t10-/m1/s1. The highest BCUT2D eigenvalue weighted by molar-refractivity contribution is 4.98. The van der Waals surface area contributed by atoms with Crippen molar-refractivity contribution in [2.75, 3.05) is 0 Å². The first-order valence-electron chi connectivity index (χ1n) is 4.00. The molecule has 0 unspecified atom stereocenters. The normalized spacial score (nSPS) is 13.4. The van der Waals surface area contributed by atoms with Crippen molar-refractivity contribution in [3.05, 3.63) is 37.2 Å². The van der Waals surface area contributed by atoms with Crippen LogP contribution in [0.3, 0.4) is 0 Å². The van der Waals surface area contributed by atoms with E-state index in [0.29, 0.717) is 12.0 Å². The van der Waals surface area contributed by atoms with E-state index in [4.69, 9.17) is 0 Å². The number of hydrogen-bond acceptors (Lipinski definition) is 0. The second-order valence-corrected chi connectivity index (χ2v) is 3.10. The Balaban J connectivity index is 2.79. The van der Waals surface area contributed by atoms with E-state index in [9.17, 15) is 0 Å². The topological polar surface area (TPSA) is 4.93 Å². The molecule has 0 aliphatic heterocycles. The molecule has 1 nitrogen and oxygen atoms in total. The molecule has 1 aromatic rings. The van der Waals surface area contributed by atoms with Gasteiger partial charge in [0.2, 0.25) is 0 Å².